The lowest BCUT2D eigenvalue weighted by Crippen LogP contribution is -3.14. The highest BCUT2D eigenvalue weighted by Crippen LogP contribution is 2.17. The van der Waals surface area contributed by atoms with Crippen molar-refractivity contribution in [3.05, 3.63) is 66.0 Å². The van der Waals surface area contributed by atoms with Crippen LogP contribution in [-0.4, -0.2) is 31.3 Å². The number of hydrogen-bond donors (Lipinski definition) is 2. The number of ketones is 1. The highest BCUT2D eigenvalue weighted by Gasteiger charge is 2.29. The molecule has 5 heteroatoms. The van der Waals surface area contributed by atoms with Crippen LogP contribution in [-0.2, 0) is 4.79 Å². The molecule has 0 radical (unpaired) electrons. The molecule has 2 aromatic carbocycles. The van der Waals surface area contributed by atoms with Crippen LogP contribution in [0.2, 0.25) is 0 Å². The summed E-state index contributed by atoms with van der Waals surface area (Å²) < 4.78 is 13.0. The minimum Gasteiger partial charge on any atom is -0.327 e. The smallest absolute Gasteiger partial charge is 0.279 e. The van der Waals surface area contributed by atoms with E-state index in [4.69, 9.17) is 0 Å². The summed E-state index contributed by atoms with van der Waals surface area (Å²) in [5.41, 5.74) is 1.37. The van der Waals surface area contributed by atoms with Crippen LogP contribution in [0, 0.1) is 11.7 Å². The number of benzene rings is 2. The van der Waals surface area contributed by atoms with E-state index in [9.17, 15) is 14.0 Å². The zero-order chi connectivity index (χ0) is 17.6. The van der Waals surface area contributed by atoms with Crippen molar-refractivity contribution in [3.63, 3.8) is 0 Å². The lowest BCUT2D eigenvalue weighted by atomic mass is 9.89. The van der Waals surface area contributed by atoms with Crippen molar-refractivity contribution in [2.75, 3.05) is 25.0 Å². The SMILES string of the molecule is O=C(C[NH+]1CCC(C(=O)c2ccc(F)cc2)CC1)Nc1ccccc1. The fourth-order valence-electron chi connectivity index (χ4n) is 3.27. The van der Waals surface area contributed by atoms with Crippen molar-refractivity contribution in [2.45, 2.75) is 12.8 Å². The van der Waals surface area contributed by atoms with Crippen LogP contribution < -0.4 is 10.2 Å². The molecule has 130 valence electrons. The summed E-state index contributed by atoms with van der Waals surface area (Å²) >= 11 is 0. The molecule has 1 aliphatic heterocycles. The van der Waals surface area contributed by atoms with Gasteiger partial charge in [-0.2, -0.15) is 0 Å². The van der Waals surface area contributed by atoms with E-state index in [0.717, 1.165) is 31.6 Å². The van der Waals surface area contributed by atoms with Crippen LogP contribution in [0.1, 0.15) is 23.2 Å². The second kappa shape index (κ2) is 8.03. The maximum Gasteiger partial charge on any atom is 0.279 e. The Morgan fingerprint density at radius 3 is 2.28 bits per heavy atom. The van der Waals surface area contributed by atoms with Crippen LogP contribution in [0.4, 0.5) is 10.1 Å². The lowest BCUT2D eigenvalue weighted by molar-refractivity contribution is -0.897. The van der Waals surface area contributed by atoms with E-state index >= 15 is 0 Å². The molecule has 4 nitrogen and oxygen atoms in total. The second-order valence-corrected chi connectivity index (χ2v) is 6.49. The molecule has 1 saturated heterocycles. The number of rotatable bonds is 5. The van der Waals surface area contributed by atoms with Gasteiger partial charge in [0.05, 0.1) is 13.1 Å². The summed E-state index contributed by atoms with van der Waals surface area (Å²) in [6.07, 6.45) is 1.51. The molecular formula is C20H22FN2O2+. The molecule has 0 unspecified atom stereocenters. The van der Waals surface area contributed by atoms with E-state index in [2.05, 4.69) is 5.32 Å². The van der Waals surface area contributed by atoms with Gasteiger partial charge in [-0.05, 0) is 36.4 Å². The zero-order valence-corrected chi connectivity index (χ0v) is 14.0. The lowest BCUT2D eigenvalue weighted by Gasteiger charge is -2.28. The van der Waals surface area contributed by atoms with E-state index in [-0.39, 0.29) is 23.4 Å². The number of hydrogen-bond acceptors (Lipinski definition) is 2. The quantitative estimate of drug-likeness (QED) is 0.817. The first-order valence-corrected chi connectivity index (χ1v) is 8.60. The van der Waals surface area contributed by atoms with Crippen LogP contribution in [0.15, 0.2) is 54.6 Å². The van der Waals surface area contributed by atoms with Gasteiger partial charge in [-0.25, -0.2) is 4.39 Å². The van der Waals surface area contributed by atoms with Gasteiger partial charge in [0.1, 0.15) is 5.82 Å². The summed E-state index contributed by atoms with van der Waals surface area (Å²) in [6.45, 7) is 1.99. The number of para-hydroxylation sites is 1. The van der Waals surface area contributed by atoms with Gasteiger partial charge < -0.3 is 10.2 Å². The fraction of sp³-hybridized carbons (Fsp3) is 0.300. The molecule has 0 aromatic heterocycles. The minimum atomic E-state index is -0.333. The molecule has 25 heavy (non-hydrogen) atoms. The average molecular weight is 341 g/mol. The predicted octanol–water partition coefficient (Wildman–Crippen LogP) is 1.94. The number of anilines is 1. The molecule has 2 aromatic rings. The number of nitrogens with one attached hydrogen (secondary N) is 2. The van der Waals surface area contributed by atoms with Crippen LogP contribution in [0.5, 0.6) is 0 Å². The molecule has 0 atom stereocenters. The molecule has 0 saturated carbocycles. The maximum absolute atomic E-state index is 13.0. The summed E-state index contributed by atoms with van der Waals surface area (Å²) in [4.78, 5) is 25.8. The predicted molar refractivity (Wildman–Crippen MR) is 94.1 cm³/mol. The molecule has 1 heterocycles. The number of likely N-dealkylation sites (tertiary alicyclic amines) is 1. The largest absolute Gasteiger partial charge is 0.327 e. The Balaban J connectivity index is 1.47. The average Bonchev–Trinajstić information content (AvgIpc) is 2.63. The third-order valence-electron chi connectivity index (χ3n) is 4.66. The molecule has 0 bridgehead atoms. The van der Waals surface area contributed by atoms with E-state index in [1.807, 2.05) is 30.3 Å². The molecule has 1 fully saturated rings. The van der Waals surface area contributed by atoms with Crippen molar-refractivity contribution in [3.8, 4) is 0 Å². The molecule has 1 amide bonds. The Hall–Kier alpha value is -2.53. The topological polar surface area (TPSA) is 50.6 Å². The van der Waals surface area contributed by atoms with Gasteiger partial charge in [0.25, 0.3) is 5.91 Å². The summed E-state index contributed by atoms with van der Waals surface area (Å²) in [5.74, 6) is -0.302. The molecule has 1 aliphatic rings. The van der Waals surface area contributed by atoms with E-state index in [1.54, 1.807) is 12.1 Å². The van der Waals surface area contributed by atoms with Gasteiger partial charge >= 0.3 is 0 Å². The van der Waals surface area contributed by atoms with E-state index in [1.165, 1.54) is 17.0 Å². The normalized spacial score (nSPS) is 20.0. The monoisotopic (exact) mass is 341 g/mol. The van der Waals surface area contributed by atoms with E-state index in [0.29, 0.717) is 12.1 Å². The number of halogens is 1. The number of piperidine rings is 1. The Bertz CT molecular complexity index is 723. The van der Waals surface area contributed by atoms with Crippen molar-refractivity contribution in [2.24, 2.45) is 5.92 Å². The maximum atomic E-state index is 13.0. The number of quaternary nitrogens is 1. The van der Waals surface area contributed by atoms with Gasteiger partial charge in [0.2, 0.25) is 0 Å². The zero-order valence-electron chi connectivity index (χ0n) is 14.0. The number of carbonyl (C=O) groups excluding carboxylic acids is 2. The first-order chi connectivity index (χ1) is 12.1. The Kier molecular flexibility index (Phi) is 5.56. The molecule has 2 N–H and O–H groups in total. The van der Waals surface area contributed by atoms with Crippen LogP contribution >= 0.6 is 0 Å². The van der Waals surface area contributed by atoms with Crippen molar-refractivity contribution in [1.82, 2.24) is 0 Å². The second-order valence-electron chi connectivity index (χ2n) is 6.49. The van der Waals surface area contributed by atoms with Gasteiger partial charge in [-0.15, -0.1) is 0 Å². The van der Waals surface area contributed by atoms with Crippen LogP contribution in [0.25, 0.3) is 0 Å². The minimum absolute atomic E-state index is 0.00971. The third-order valence-corrected chi connectivity index (χ3v) is 4.66. The first kappa shape index (κ1) is 17.3. The van der Waals surface area contributed by atoms with Crippen molar-refractivity contribution >= 4 is 17.4 Å². The third kappa shape index (κ3) is 4.73. The Morgan fingerprint density at radius 2 is 1.64 bits per heavy atom. The van der Waals surface area contributed by atoms with Crippen molar-refractivity contribution in [1.29, 1.82) is 0 Å². The number of amides is 1. The summed E-state index contributed by atoms with van der Waals surface area (Å²) in [5, 5.41) is 2.89. The van der Waals surface area contributed by atoms with E-state index < -0.39 is 0 Å². The molecule has 0 aliphatic carbocycles. The molecular weight excluding hydrogens is 319 g/mol. The highest BCUT2D eigenvalue weighted by atomic mass is 19.1. The standard InChI is InChI=1S/C20H21FN2O2/c21-17-8-6-15(7-9-17)20(25)16-10-12-23(13-11-16)14-19(24)22-18-4-2-1-3-5-18/h1-9,16H,10-14H2,(H,22,24)/p+1. The fourth-order valence-corrected chi connectivity index (χ4v) is 3.27. The number of Topliss-reactive ketones (excluding diaryl/α,β-unsaturated/α-hetero) is 1. The van der Waals surface area contributed by atoms with Gasteiger partial charge in [0.15, 0.2) is 12.3 Å². The number of carbonyl (C=O) groups is 2. The molecule has 3 rings (SSSR count). The summed E-state index contributed by atoms with van der Waals surface area (Å²) in [6, 6.07) is 15.1. The van der Waals surface area contributed by atoms with Gasteiger partial charge in [-0.1, -0.05) is 18.2 Å². The van der Waals surface area contributed by atoms with Crippen molar-refractivity contribution < 1.29 is 18.9 Å². The highest BCUT2D eigenvalue weighted by molar-refractivity contribution is 5.97. The first-order valence-electron chi connectivity index (χ1n) is 8.60. The van der Waals surface area contributed by atoms with Gasteiger partial charge in [0, 0.05) is 30.0 Å². The molecule has 0 spiro atoms. The van der Waals surface area contributed by atoms with Gasteiger partial charge in [-0.3, -0.25) is 9.59 Å². The van der Waals surface area contributed by atoms with Crippen LogP contribution in [0.3, 0.4) is 0 Å². The Morgan fingerprint density at radius 1 is 1.00 bits per heavy atom. The Labute approximate surface area is 146 Å². The summed E-state index contributed by atoms with van der Waals surface area (Å²) in [7, 11) is 0.